The Labute approximate surface area is 87.6 Å². The minimum absolute atomic E-state index is 0.0388. The van der Waals surface area contributed by atoms with Crippen LogP contribution in [0.15, 0.2) is 0 Å². The molecule has 0 aromatic rings. The van der Waals surface area contributed by atoms with Crippen molar-refractivity contribution in [2.24, 2.45) is 0 Å². The third-order valence-electron chi connectivity index (χ3n) is 0.669. The summed E-state index contributed by atoms with van der Waals surface area (Å²) in [7, 11) is -1.21. The van der Waals surface area contributed by atoms with E-state index in [0.29, 0.717) is 0 Å². The fourth-order valence-corrected chi connectivity index (χ4v) is 0.676. The minimum atomic E-state index is -4.67. The Morgan fingerprint density at radius 3 is 2.00 bits per heavy atom. The maximum absolute atomic E-state index is 10.7. The van der Waals surface area contributed by atoms with Crippen molar-refractivity contribution in [2.45, 2.75) is 6.92 Å². The third kappa shape index (κ3) is 22.6. The maximum atomic E-state index is 10.7. The molecule has 0 aliphatic carbocycles. The highest BCUT2D eigenvalue weighted by molar-refractivity contribution is 8.11. The fourth-order valence-electron chi connectivity index (χ4n) is 0.225. The third-order valence-corrected chi connectivity index (χ3v) is 1.64. The van der Waals surface area contributed by atoms with Crippen LogP contribution in [-0.4, -0.2) is 48.3 Å². The van der Waals surface area contributed by atoms with Crippen molar-refractivity contribution in [3.05, 3.63) is 0 Å². The number of carbonyl (C=O) groups is 1. The van der Waals surface area contributed by atoms with Gasteiger partial charge in [-0.05, 0) is 0 Å². The quantitative estimate of drug-likeness (QED) is 0.474. The van der Waals surface area contributed by atoms with Crippen LogP contribution < -0.4 is 4.72 Å². The molecule has 0 unspecified atom stereocenters. The van der Waals surface area contributed by atoms with E-state index in [1.165, 1.54) is 4.90 Å². The molecule has 0 atom stereocenters. The molecule has 0 radical (unpaired) electrons. The molecule has 0 rings (SSSR count). The Morgan fingerprint density at radius 1 is 1.43 bits per heavy atom. The lowest BCUT2D eigenvalue weighted by Gasteiger charge is -2.07. The van der Waals surface area contributed by atoms with Crippen LogP contribution in [0.4, 0.5) is 4.79 Å². The second-order valence-electron chi connectivity index (χ2n) is 2.21. The summed E-state index contributed by atoms with van der Waals surface area (Å²) in [6.45, 7) is 2.76. The molecular formula is C5H14N2O5S2. The molecule has 0 aliphatic heterocycles. The molecule has 0 bridgehead atoms. The first-order valence-corrected chi connectivity index (χ1v) is 5.70. The fraction of sp³-hybridized carbons (Fsp3) is 0.800. The first-order valence-electron chi connectivity index (χ1n) is 3.49. The predicted molar refractivity (Wildman–Crippen MR) is 54.5 cm³/mol. The summed E-state index contributed by atoms with van der Waals surface area (Å²) in [6.07, 6.45) is 0. The van der Waals surface area contributed by atoms with Crippen molar-refractivity contribution < 1.29 is 22.3 Å². The van der Waals surface area contributed by atoms with Crippen LogP contribution in [0.3, 0.4) is 0 Å². The zero-order chi connectivity index (χ0) is 11.8. The molecule has 14 heavy (non-hydrogen) atoms. The number of nitrogens with zero attached hydrogens (tertiary/aromatic N) is 1. The van der Waals surface area contributed by atoms with Gasteiger partial charge in [-0.25, -0.2) is 0 Å². The van der Waals surface area contributed by atoms with Gasteiger partial charge in [0.05, 0.1) is 0 Å². The molecule has 0 saturated carbocycles. The van der Waals surface area contributed by atoms with Gasteiger partial charge in [0, 0.05) is 32.6 Å². The van der Waals surface area contributed by atoms with Crippen LogP contribution in [0.2, 0.25) is 0 Å². The average Bonchev–Trinajstić information content (AvgIpc) is 1.96. The number of hydrogen-bond acceptors (Lipinski definition) is 5. The van der Waals surface area contributed by atoms with E-state index in [0.717, 1.165) is 18.5 Å². The van der Waals surface area contributed by atoms with Crippen molar-refractivity contribution in [1.82, 2.24) is 9.62 Å². The lowest BCUT2D eigenvalue weighted by molar-refractivity contribution is 0.241. The van der Waals surface area contributed by atoms with Crippen LogP contribution in [0.25, 0.3) is 0 Å². The van der Waals surface area contributed by atoms with Crippen LogP contribution in [0, 0.1) is 0 Å². The van der Waals surface area contributed by atoms with Gasteiger partial charge >= 0.3 is 10.4 Å². The van der Waals surface area contributed by atoms with Crippen molar-refractivity contribution in [1.29, 1.82) is 0 Å². The molecule has 0 aromatic heterocycles. The summed E-state index contributed by atoms with van der Waals surface area (Å²) < 4.78 is 34.4. The minimum Gasteiger partial charge on any atom is -0.339 e. The SMILES string of the molecule is CCNSC(=O)N(C)C.O=S(=O)(O)O. The van der Waals surface area contributed by atoms with Gasteiger partial charge in [-0.2, -0.15) is 8.42 Å². The summed E-state index contributed by atoms with van der Waals surface area (Å²) in [5, 5.41) is 0.0388. The molecule has 0 spiro atoms. The number of rotatable bonds is 2. The Balaban J connectivity index is 0. The molecule has 7 nitrogen and oxygen atoms in total. The molecule has 0 saturated heterocycles. The van der Waals surface area contributed by atoms with Crippen LogP contribution in [-0.2, 0) is 10.4 Å². The largest absolute Gasteiger partial charge is 0.394 e. The van der Waals surface area contributed by atoms with Gasteiger partial charge in [-0.1, -0.05) is 6.92 Å². The van der Waals surface area contributed by atoms with Crippen LogP contribution in [0.1, 0.15) is 6.92 Å². The number of hydrogen-bond donors (Lipinski definition) is 3. The van der Waals surface area contributed by atoms with Crippen LogP contribution in [0.5, 0.6) is 0 Å². The summed E-state index contributed by atoms with van der Waals surface area (Å²) in [6, 6.07) is 0. The van der Waals surface area contributed by atoms with E-state index in [1.54, 1.807) is 14.1 Å². The van der Waals surface area contributed by atoms with Gasteiger partial charge in [0.25, 0.3) is 5.24 Å². The lowest BCUT2D eigenvalue weighted by Crippen LogP contribution is -2.20. The Bertz CT molecular complexity index is 243. The number of nitrogens with one attached hydrogen (secondary N) is 1. The molecule has 1 amide bonds. The first-order chi connectivity index (χ1) is 6.18. The number of carbonyl (C=O) groups excluding carboxylic acids is 1. The van der Waals surface area contributed by atoms with E-state index < -0.39 is 10.4 Å². The van der Waals surface area contributed by atoms with E-state index in [2.05, 4.69) is 4.72 Å². The summed E-state index contributed by atoms with van der Waals surface area (Å²) >= 11 is 1.12. The van der Waals surface area contributed by atoms with Gasteiger partial charge in [0.1, 0.15) is 0 Å². The Morgan fingerprint density at radius 2 is 1.79 bits per heavy atom. The monoisotopic (exact) mass is 246 g/mol. The highest BCUT2D eigenvalue weighted by atomic mass is 32.3. The second-order valence-corrected chi connectivity index (χ2v) is 3.95. The van der Waals surface area contributed by atoms with Crippen molar-refractivity contribution in [2.75, 3.05) is 20.6 Å². The molecule has 0 heterocycles. The molecular weight excluding hydrogens is 232 g/mol. The zero-order valence-electron chi connectivity index (χ0n) is 8.09. The van der Waals surface area contributed by atoms with Gasteiger partial charge in [-0.3, -0.25) is 18.6 Å². The Kier molecular flexibility index (Phi) is 9.20. The summed E-state index contributed by atoms with van der Waals surface area (Å²) in [5.74, 6) is 0. The lowest BCUT2D eigenvalue weighted by atomic mass is 10.8. The normalized spacial score (nSPS) is 10.1. The number of amides is 1. The molecule has 86 valence electrons. The highest BCUT2D eigenvalue weighted by Gasteiger charge is 2.01. The standard InChI is InChI=1S/C5H12N2OS.H2O4S/c1-4-6-9-5(8)7(2)3;1-5(2,3)4/h6H,4H2,1-3H3;(H2,1,2,3,4). The van der Waals surface area contributed by atoms with Gasteiger partial charge in [0.2, 0.25) is 0 Å². The highest BCUT2D eigenvalue weighted by Crippen LogP contribution is 1.98. The van der Waals surface area contributed by atoms with E-state index in [-0.39, 0.29) is 5.24 Å². The van der Waals surface area contributed by atoms with E-state index in [1.807, 2.05) is 6.92 Å². The molecule has 9 heteroatoms. The van der Waals surface area contributed by atoms with E-state index in [9.17, 15) is 4.79 Å². The maximum Gasteiger partial charge on any atom is 0.394 e. The Hall–Kier alpha value is -0.350. The van der Waals surface area contributed by atoms with E-state index >= 15 is 0 Å². The van der Waals surface area contributed by atoms with Gasteiger partial charge < -0.3 is 4.90 Å². The van der Waals surface area contributed by atoms with E-state index in [4.69, 9.17) is 17.5 Å². The second kappa shape index (κ2) is 8.00. The van der Waals surface area contributed by atoms with Crippen molar-refractivity contribution in [3.8, 4) is 0 Å². The molecule has 0 fully saturated rings. The van der Waals surface area contributed by atoms with Gasteiger partial charge in [-0.15, -0.1) is 0 Å². The summed E-state index contributed by atoms with van der Waals surface area (Å²) in [5.41, 5.74) is 0. The summed E-state index contributed by atoms with van der Waals surface area (Å²) in [4.78, 5) is 12.3. The molecule has 0 aliphatic rings. The predicted octanol–water partition coefficient (Wildman–Crippen LogP) is 0.273. The zero-order valence-corrected chi connectivity index (χ0v) is 9.72. The average molecular weight is 246 g/mol. The van der Waals surface area contributed by atoms with Crippen molar-refractivity contribution in [3.63, 3.8) is 0 Å². The van der Waals surface area contributed by atoms with Gasteiger partial charge in [0.15, 0.2) is 0 Å². The topological polar surface area (TPSA) is 107 Å². The van der Waals surface area contributed by atoms with Crippen molar-refractivity contribution >= 4 is 27.6 Å². The first kappa shape index (κ1) is 16.1. The molecule has 3 N–H and O–H groups in total. The smallest absolute Gasteiger partial charge is 0.339 e. The molecule has 0 aromatic carbocycles. The van der Waals surface area contributed by atoms with Crippen LogP contribution >= 0.6 is 11.9 Å².